The van der Waals surface area contributed by atoms with Crippen molar-refractivity contribution in [1.29, 1.82) is 0 Å². The zero-order chi connectivity index (χ0) is 44.5. The lowest BCUT2D eigenvalue weighted by molar-refractivity contribution is -0.0435. The Kier molecular flexibility index (Phi) is 16.7. The predicted molar refractivity (Wildman–Crippen MR) is 246 cm³/mol. The average Bonchev–Trinajstić information content (AvgIpc) is 3.26. The zero-order valence-electron chi connectivity index (χ0n) is 35.4. The van der Waals surface area contributed by atoms with E-state index in [4.69, 9.17) is 11.6 Å². The van der Waals surface area contributed by atoms with Crippen molar-refractivity contribution in [3.05, 3.63) is 102 Å². The Morgan fingerprint density at radius 1 is 0.984 bits per heavy atom. The van der Waals surface area contributed by atoms with Crippen LogP contribution < -0.4 is 20.3 Å². The van der Waals surface area contributed by atoms with Crippen LogP contribution in [0.3, 0.4) is 0 Å². The molecule has 0 bridgehead atoms. The second-order valence-corrected chi connectivity index (χ2v) is 21.5. The summed E-state index contributed by atoms with van der Waals surface area (Å²) < 4.78 is 84.3. The standard InChI is InChI=1S/C45H58ClF3N6O4S3/c1-33(16-19-46)40-30-44(2,3)18-15-35(40)31-54-25-27-55(28-26-54)37-11-9-34(10-12-37)43(56)52-61(57)39-13-14-41(42(29-39)62(58,59)45(47,48)49)51-36(17-22-53-23-20-50-21-24-53)32-60-38-7-5-4-6-8-38/h4-14,29,36,50-51H,1,15-28,30-32H2,2-3H3,(H,52,56). The molecule has 2 fully saturated rings. The maximum absolute atomic E-state index is 14.1. The molecule has 2 atom stereocenters. The molecule has 0 saturated carbocycles. The number of allylic oxidation sites excluding steroid dienone is 2. The van der Waals surface area contributed by atoms with Gasteiger partial charge in [-0.1, -0.05) is 49.8 Å². The number of benzene rings is 3. The van der Waals surface area contributed by atoms with Crippen LogP contribution in [-0.4, -0.2) is 117 Å². The van der Waals surface area contributed by atoms with Crippen LogP contribution in [0, 0.1) is 5.41 Å². The molecule has 0 radical (unpaired) electrons. The van der Waals surface area contributed by atoms with Gasteiger partial charge in [-0.25, -0.2) is 12.6 Å². The fraction of sp³-hybridized carbons (Fsp3) is 0.489. The third-order valence-corrected chi connectivity index (χ3v) is 15.7. The molecule has 0 spiro atoms. The van der Waals surface area contributed by atoms with E-state index in [1.165, 1.54) is 35.0 Å². The topological polar surface area (TPSA) is 114 Å². The number of rotatable bonds is 18. The summed E-state index contributed by atoms with van der Waals surface area (Å²) in [6.07, 6.45) is 4.55. The number of hydrogen-bond donors (Lipinski definition) is 3. The maximum atomic E-state index is 14.1. The number of halogens is 4. The number of hydrogen-bond acceptors (Lipinski definition) is 10. The average molecular weight is 936 g/mol. The fourth-order valence-corrected chi connectivity index (χ4v) is 11.2. The summed E-state index contributed by atoms with van der Waals surface area (Å²) in [5.74, 6) is 0.291. The molecule has 3 aliphatic rings. The van der Waals surface area contributed by atoms with Gasteiger partial charge in [-0.3, -0.25) is 14.4 Å². The van der Waals surface area contributed by atoms with Gasteiger partial charge in [-0.05, 0) is 97.7 Å². The second kappa shape index (κ2) is 21.5. The van der Waals surface area contributed by atoms with Gasteiger partial charge < -0.3 is 20.4 Å². The van der Waals surface area contributed by atoms with E-state index < -0.39 is 43.2 Å². The third-order valence-electron chi connectivity index (χ3n) is 11.8. The first-order chi connectivity index (χ1) is 29.5. The summed E-state index contributed by atoms with van der Waals surface area (Å²) in [5.41, 5.74) is -0.510. The van der Waals surface area contributed by atoms with Crippen LogP contribution in [-0.2, 0) is 20.8 Å². The normalized spacial score (nSPS) is 18.9. The Morgan fingerprint density at radius 3 is 2.34 bits per heavy atom. The Hall–Kier alpha value is -3.38. The Morgan fingerprint density at radius 2 is 1.68 bits per heavy atom. The predicted octanol–water partition coefficient (Wildman–Crippen LogP) is 8.11. The molecule has 2 aliphatic heterocycles. The second-order valence-electron chi connectivity index (χ2n) is 16.9. The number of sulfone groups is 1. The molecule has 62 heavy (non-hydrogen) atoms. The van der Waals surface area contributed by atoms with Gasteiger partial charge in [-0.2, -0.15) is 13.2 Å². The molecule has 10 nitrogen and oxygen atoms in total. The van der Waals surface area contributed by atoms with Gasteiger partial charge in [0.2, 0.25) is 0 Å². The highest BCUT2D eigenvalue weighted by Crippen LogP contribution is 2.42. The largest absolute Gasteiger partial charge is 0.501 e. The van der Waals surface area contributed by atoms with Crippen molar-refractivity contribution in [3.63, 3.8) is 0 Å². The van der Waals surface area contributed by atoms with E-state index in [0.717, 1.165) is 107 Å². The highest BCUT2D eigenvalue weighted by atomic mass is 35.5. The number of nitrogens with one attached hydrogen (secondary N) is 3. The van der Waals surface area contributed by atoms with Gasteiger partial charge in [0.15, 0.2) is 11.0 Å². The number of carbonyl (C=O) groups excluding carboxylic acids is 1. The zero-order valence-corrected chi connectivity index (χ0v) is 38.7. The highest BCUT2D eigenvalue weighted by Gasteiger charge is 2.48. The molecule has 6 rings (SSSR count). The molecule has 3 aromatic rings. The molecular formula is C45H58ClF3N6O4S3. The molecule has 1 aliphatic carbocycles. The van der Waals surface area contributed by atoms with E-state index in [9.17, 15) is 30.6 Å². The van der Waals surface area contributed by atoms with Crippen molar-refractivity contribution in [1.82, 2.24) is 19.8 Å². The lowest BCUT2D eigenvalue weighted by Gasteiger charge is -2.39. The molecule has 2 heterocycles. The first-order valence-corrected chi connectivity index (χ1v) is 25.3. The number of amides is 1. The van der Waals surface area contributed by atoms with Gasteiger partial charge in [0, 0.05) is 99.3 Å². The van der Waals surface area contributed by atoms with Crippen LogP contribution in [0.5, 0.6) is 0 Å². The fourth-order valence-electron chi connectivity index (χ4n) is 8.09. The summed E-state index contributed by atoms with van der Waals surface area (Å²) in [5, 5.41) is 6.39. The summed E-state index contributed by atoms with van der Waals surface area (Å²) in [7, 11) is -8.26. The molecule has 1 amide bonds. The van der Waals surface area contributed by atoms with Gasteiger partial charge in [0.25, 0.3) is 15.7 Å². The minimum Gasteiger partial charge on any atom is -0.380 e. The molecule has 2 saturated heterocycles. The van der Waals surface area contributed by atoms with Crippen molar-refractivity contribution in [2.45, 2.75) is 72.2 Å². The first-order valence-electron chi connectivity index (χ1n) is 21.1. The molecular weight excluding hydrogens is 877 g/mol. The number of nitrogens with zero attached hydrogens (tertiary/aromatic N) is 3. The molecule has 2 unspecified atom stereocenters. The van der Waals surface area contributed by atoms with Gasteiger partial charge in [0.05, 0.1) is 10.6 Å². The van der Waals surface area contributed by atoms with Crippen LogP contribution in [0.2, 0.25) is 0 Å². The van der Waals surface area contributed by atoms with Gasteiger partial charge in [-0.15, -0.1) is 23.4 Å². The van der Waals surface area contributed by atoms with Crippen LogP contribution in [0.15, 0.2) is 111 Å². The van der Waals surface area contributed by atoms with E-state index in [1.54, 1.807) is 12.1 Å². The number of carbonyl (C=O) groups is 1. The number of alkyl halides is 4. The molecule has 3 aromatic carbocycles. The van der Waals surface area contributed by atoms with Crippen molar-refractivity contribution >= 4 is 61.5 Å². The monoisotopic (exact) mass is 934 g/mol. The van der Waals surface area contributed by atoms with Crippen LogP contribution in [0.4, 0.5) is 24.5 Å². The number of anilines is 2. The van der Waals surface area contributed by atoms with E-state index in [2.05, 4.69) is 50.5 Å². The minimum atomic E-state index is -5.88. The van der Waals surface area contributed by atoms with Crippen molar-refractivity contribution in [2.75, 3.05) is 87.3 Å². The van der Waals surface area contributed by atoms with Gasteiger partial charge in [0.1, 0.15) is 4.90 Å². The van der Waals surface area contributed by atoms with Crippen LogP contribution in [0.25, 0.3) is 0 Å². The summed E-state index contributed by atoms with van der Waals surface area (Å²) >= 11 is 7.59. The lowest BCUT2D eigenvalue weighted by Crippen LogP contribution is -2.47. The van der Waals surface area contributed by atoms with Crippen molar-refractivity contribution < 1.29 is 30.6 Å². The summed E-state index contributed by atoms with van der Waals surface area (Å²) in [4.78, 5) is 19.9. The van der Waals surface area contributed by atoms with Crippen molar-refractivity contribution in [2.24, 2.45) is 5.41 Å². The van der Waals surface area contributed by atoms with Crippen LogP contribution in [0.1, 0.15) is 56.3 Å². The summed E-state index contributed by atoms with van der Waals surface area (Å²) in [6, 6.07) is 19.2. The third kappa shape index (κ3) is 12.9. The lowest BCUT2D eigenvalue weighted by atomic mass is 9.72. The Bertz CT molecular complexity index is 2180. The van der Waals surface area contributed by atoms with Gasteiger partial charge >= 0.3 is 5.51 Å². The molecule has 338 valence electrons. The van der Waals surface area contributed by atoms with E-state index in [-0.39, 0.29) is 21.6 Å². The Labute approximate surface area is 376 Å². The van der Waals surface area contributed by atoms with Crippen molar-refractivity contribution in [3.8, 4) is 0 Å². The quantitative estimate of drug-likeness (QED) is 0.0855. The molecule has 3 N–H and O–H groups in total. The molecule has 17 heteroatoms. The first kappa shape index (κ1) is 48.1. The number of piperazine rings is 2. The van der Waals surface area contributed by atoms with E-state index in [1.807, 2.05) is 42.5 Å². The minimum absolute atomic E-state index is 0.197. The SMILES string of the molecule is C=C(CCCl)C1=C(CN2CCN(c3ccc(C(=O)NS(=O)c4ccc(NC(CCN5CCNCC5)CSc5ccccc5)c(S(=O)(=O)C(F)(F)F)c4)cc3)CC2)CCC(C)(C)C1. The Balaban J connectivity index is 1.10. The van der Waals surface area contributed by atoms with Crippen LogP contribution >= 0.6 is 23.4 Å². The highest BCUT2D eigenvalue weighted by molar-refractivity contribution is 7.99. The smallest absolute Gasteiger partial charge is 0.380 e. The van der Waals surface area contributed by atoms with E-state index in [0.29, 0.717) is 24.6 Å². The number of thioether (sulfide) groups is 1. The van der Waals surface area contributed by atoms with E-state index >= 15 is 0 Å². The maximum Gasteiger partial charge on any atom is 0.501 e. The summed E-state index contributed by atoms with van der Waals surface area (Å²) in [6.45, 7) is 17.2. The molecule has 0 aromatic heterocycles.